The quantitative estimate of drug-likeness (QED) is 0.804. The number of carbonyl (C=O) groups excluding carboxylic acids is 1. The molecule has 0 saturated carbocycles. The highest BCUT2D eigenvalue weighted by molar-refractivity contribution is 5.76. The van der Waals surface area contributed by atoms with E-state index in [1.165, 1.54) is 22.3 Å². The van der Waals surface area contributed by atoms with E-state index in [9.17, 15) is 4.79 Å². The van der Waals surface area contributed by atoms with Crippen LogP contribution in [0.4, 0.5) is 0 Å². The van der Waals surface area contributed by atoms with Crippen molar-refractivity contribution >= 4 is 5.91 Å². The van der Waals surface area contributed by atoms with Crippen LogP contribution in [0.1, 0.15) is 77.1 Å². The molecule has 0 spiro atoms. The van der Waals surface area contributed by atoms with Gasteiger partial charge in [0.15, 0.2) is 0 Å². The highest BCUT2D eigenvalue weighted by Crippen LogP contribution is 2.43. The monoisotopic (exact) mass is 362 g/mol. The van der Waals surface area contributed by atoms with Crippen LogP contribution in [-0.2, 0) is 22.0 Å². The Kier molecular flexibility index (Phi) is 7.29. The molecular weight excluding hydrogens is 324 g/mol. The molecule has 0 heterocycles. The molecule has 26 heavy (non-hydrogen) atoms. The van der Waals surface area contributed by atoms with E-state index in [-0.39, 0.29) is 22.8 Å². The van der Waals surface area contributed by atoms with Gasteiger partial charge in [-0.25, -0.2) is 0 Å². The zero-order valence-corrected chi connectivity index (χ0v) is 18.2. The minimum Gasteiger partial charge on any atom is -0.496 e. The van der Waals surface area contributed by atoms with Crippen LogP contribution in [-0.4, -0.2) is 25.6 Å². The molecule has 0 bridgehead atoms. The lowest BCUT2D eigenvalue weighted by Crippen LogP contribution is -2.35. The summed E-state index contributed by atoms with van der Waals surface area (Å²) in [4.78, 5) is 12.1. The second-order valence-corrected chi connectivity index (χ2v) is 9.40. The molecule has 0 aliphatic heterocycles. The molecule has 0 radical (unpaired) electrons. The molecule has 4 heteroatoms. The normalized spacial score (nSPS) is 13.5. The highest BCUT2D eigenvalue weighted by atomic mass is 16.5. The third-order valence-electron chi connectivity index (χ3n) is 4.65. The van der Waals surface area contributed by atoms with E-state index in [1.54, 1.807) is 7.11 Å². The van der Waals surface area contributed by atoms with Crippen molar-refractivity contribution in [1.82, 2.24) is 5.32 Å². The summed E-state index contributed by atoms with van der Waals surface area (Å²) in [5, 5.41) is 2.90. The van der Waals surface area contributed by atoms with Gasteiger partial charge in [-0.2, -0.15) is 0 Å². The summed E-state index contributed by atoms with van der Waals surface area (Å²) < 4.78 is 5.86. The van der Waals surface area contributed by atoms with Gasteiger partial charge in [0.1, 0.15) is 5.75 Å². The van der Waals surface area contributed by atoms with Crippen molar-refractivity contribution in [3.8, 4) is 5.75 Å². The van der Waals surface area contributed by atoms with Crippen molar-refractivity contribution in [3.63, 3.8) is 0 Å². The maximum Gasteiger partial charge on any atom is 0.220 e. The van der Waals surface area contributed by atoms with Gasteiger partial charge < -0.3 is 15.8 Å². The number of carbonyl (C=O) groups is 1. The van der Waals surface area contributed by atoms with E-state index in [2.05, 4.69) is 59.8 Å². The lowest BCUT2D eigenvalue weighted by atomic mass is 9.75. The lowest BCUT2D eigenvalue weighted by molar-refractivity contribution is -0.121. The van der Waals surface area contributed by atoms with E-state index >= 15 is 0 Å². The van der Waals surface area contributed by atoms with Crippen molar-refractivity contribution < 1.29 is 9.53 Å². The fourth-order valence-electron chi connectivity index (χ4n) is 3.36. The smallest absolute Gasteiger partial charge is 0.220 e. The Hall–Kier alpha value is -1.55. The van der Waals surface area contributed by atoms with E-state index in [0.717, 1.165) is 5.75 Å². The van der Waals surface area contributed by atoms with Crippen molar-refractivity contribution in [3.05, 3.63) is 28.3 Å². The minimum atomic E-state index is -0.0390. The van der Waals surface area contributed by atoms with Gasteiger partial charge >= 0.3 is 0 Å². The first-order chi connectivity index (χ1) is 11.8. The summed E-state index contributed by atoms with van der Waals surface area (Å²) in [7, 11) is 1.75. The standard InChI is InChI=1S/C22H38N2O2/c1-14(23)13-24-18(25)11-10-16-12-17(21(3,4)5)20(26-9)19(15(16)2)22(6,7)8/h12,14H,10-11,13,23H2,1-9H3,(H,24,25). The highest BCUT2D eigenvalue weighted by Gasteiger charge is 2.29. The Labute approximate surface area is 159 Å². The van der Waals surface area contributed by atoms with Gasteiger partial charge in [-0.05, 0) is 42.2 Å². The van der Waals surface area contributed by atoms with Gasteiger partial charge in [0, 0.05) is 30.1 Å². The molecule has 0 aliphatic rings. The van der Waals surface area contributed by atoms with Crippen LogP contribution in [0.15, 0.2) is 6.07 Å². The number of methoxy groups -OCH3 is 1. The van der Waals surface area contributed by atoms with Gasteiger partial charge in [-0.3, -0.25) is 4.79 Å². The third kappa shape index (κ3) is 5.73. The molecule has 148 valence electrons. The molecule has 0 saturated heterocycles. The van der Waals surface area contributed by atoms with Gasteiger partial charge in [-0.15, -0.1) is 0 Å². The van der Waals surface area contributed by atoms with Crippen LogP contribution in [0.25, 0.3) is 0 Å². The molecule has 1 aromatic rings. The predicted octanol–water partition coefficient (Wildman–Crippen LogP) is 3.99. The van der Waals surface area contributed by atoms with E-state index < -0.39 is 0 Å². The van der Waals surface area contributed by atoms with E-state index in [1.807, 2.05) is 6.92 Å². The van der Waals surface area contributed by atoms with Crippen molar-refractivity contribution in [1.29, 1.82) is 0 Å². The van der Waals surface area contributed by atoms with Crippen LogP contribution in [0.3, 0.4) is 0 Å². The van der Waals surface area contributed by atoms with E-state index in [4.69, 9.17) is 10.5 Å². The number of ether oxygens (including phenoxy) is 1. The van der Waals surface area contributed by atoms with Crippen LogP contribution in [0, 0.1) is 6.92 Å². The molecule has 1 aromatic carbocycles. The SMILES string of the molecule is COc1c(C(C)(C)C)cc(CCC(=O)NCC(C)N)c(C)c1C(C)(C)C. The Balaban J connectivity index is 3.30. The Morgan fingerprint density at radius 3 is 2.19 bits per heavy atom. The molecule has 0 aliphatic carbocycles. The molecular formula is C22H38N2O2. The number of hydrogen-bond donors (Lipinski definition) is 2. The Bertz CT molecular complexity index is 635. The number of amides is 1. The summed E-state index contributed by atoms with van der Waals surface area (Å²) >= 11 is 0. The fraction of sp³-hybridized carbons (Fsp3) is 0.682. The first-order valence-electron chi connectivity index (χ1n) is 9.52. The Morgan fingerprint density at radius 2 is 1.77 bits per heavy atom. The molecule has 1 rings (SSSR count). The van der Waals surface area contributed by atoms with Gasteiger partial charge in [0.2, 0.25) is 5.91 Å². The van der Waals surface area contributed by atoms with Crippen LogP contribution >= 0.6 is 0 Å². The molecule has 0 aromatic heterocycles. The molecule has 1 atom stereocenters. The van der Waals surface area contributed by atoms with Gasteiger partial charge in [0.25, 0.3) is 0 Å². The third-order valence-corrected chi connectivity index (χ3v) is 4.65. The van der Waals surface area contributed by atoms with Crippen molar-refractivity contribution in [2.75, 3.05) is 13.7 Å². The molecule has 3 N–H and O–H groups in total. The average Bonchev–Trinajstić information content (AvgIpc) is 2.48. The van der Waals surface area contributed by atoms with Crippen LogP contribution in [0.2, 0.25) is 0 Å². The molecule has 1 amide bonds. The zero-order chi connectivity index (χ0) is 20.3. The van der Waals surface area contributed by atoms with Crippen molar-refractivity contribution in [2.45, 2.75) is 85.1 Å². The number of benzene rings is 1. The predicted molar refractivity (Wildman–Crippen MR) is 110 cm³/mol. The molecule has 0 fully saturated rings. The summed E-state index contributed by atoms with van der Waals surface area (Å²) in [5.74, 6) is 1.03. The second-order valence-electron chi connectivity index (χ2n) is 9.40. The van der Waals surface area contributed by atoms with Crippen LogP contribution < -0.4 is 15.8 Å². The van der Waals surface area contributed by atoms with E-state index in [0.29, 0.717) is 19.4 Å². The number of nitrogens with one attached hydrogen (secondary N) is 1. The summed E-state index contributed by atoms with van der Waals surface area (Å²) in [6.07, 6.45) is 1.18. The first-order valence-corrected chi connectivity index (χ1v) is 9.52. The van der Waals surface area contributed by atoms with Gasteiger partial charge in [-0.1, -0.05) is 47.6 Å². The number of rotatable bonds is 6. The number of hydrogen-bond acceptors (Lipinski definition) is 3. The maximum atomic E-state index is 12.1. The first kappa shape index (κ1) is 22.5. The summed E-state index contributed by atoms with van der Waals surface area (Å²) in [6, 6.07) is 2.20. The zero-order valence-electron chi connectivity index (χ0n) is 18.2. The summed E-state index contributed by atoms with van der Waals surface area (Å²) in [5.41, 5.74) is 10.5. The van der Waals surface area contributed by atoms with Crippen LogP contribution in [0.5, 0.6) is 5.75 Å². The second kappa shape index (κ2) is 8.43. The largest absolute Gasteiger partial charge is 0.496 e. The van der Waals surface area contributed by atoms with Gasteiger partial charge in [0.05, 0.1) is 7.11 Å². The number of nitrogens with two attached hydrogens (primary N) is 1. The topological polar surface area (TPSA) is 64.3 Å². The lowest BCUT2D eigenvalue weighted by Gasteiger charge is -2.32. The molecule has 4 nitrogen and oxygen atoms in total. The number of aryl methyl sites for hydroxylation is 1. The molecule has 1 unspecified atom stereocenters. The van der Waals surface area contributed by atoms with Crippen molar-refractivity contribution in [2.24, 2.45) is 5.73 Å². The minimum absolute atomic E-state index is 0.0262. The fourth-order valence-corrected chi connectivity index (χ4v) is 3.36. The maximum absolute atomic E-state index is 12.1. The Morgan fingerprint density at radius 1 is 1.19 bits per heavy atom. The summed E-state index contributed by atoms with van der Waals surface area (Å²) in [6.45, 7) is 17.8. The average molecular weight is 363 g/mol.